The fourth-order valence-corrected chi connectivity index (χ4v) is 3.83. The topological polar surface area (TPSA) is 69.3 Å². The zero-order chi connectivity index (χ0) is 18.3. The maximum absolute atomic E-state index is 12.9. The first-order valence-corrected chi connectivity index (χ1v) is 9.23. The summed E-state index contributed by atoms with van der Waals surface area (Å²) in [6.45, 7) is 6.03. The van der Waals surface area contributed by atoms with Crippen molar-refractivity contribution in [2.75, 3.05) is 18.0 Å². The Kier molecular flexibility index (Phi) is 4.26. The van der Waals surface area contributed by atoms with E-state index in [-0.39, 0.29) is 17.7 Å². The van der Waals surface area contributed by atoms with Gasteiger partial charge in [0.1, 0.15) is 0 Å². The molecule has 1 atom stereocenters. The van der Waals surface area contributed by atoms with E-state index in [4.69, 9.17) is 0 Å². The van der Waals surface area contributed by atoms with Gasteiger partial charge in [-0.3, -0.25) is 14.7 Å². The number of benzene rings is 1. The number of nitrogens with one attached hydrogen (secondary N) is 1. The Labute approximate surface area is 153 Å². The van der Waals surface area contributed by atoms with Crippen molar-refractivity contribution in [3.8, 4) is 0 Å². The fourth-order valence-electron chi connectivity index (χ4n) is 3.83. The molecule has 6 nitrogen and oxygen atoms in total. The summed E-state index contributed by atoms with van der Waals surface area (Å²) in [6.07, 6.45) is 2.87. The minimum atomic E-state index is -0.263. The smallest absolute Gasteiger partial charge is 0.228 e. The van der Waals surface area contributed by atoms with Crippen LogP contribution in [-0.4, -0.2) is 40.0 Å². The molecule has 2 aromatic rings. The second kappa shape index (κ2) is 6.59. The van der Waals surface area contributed by atoms with Gasteiger partial charge in [-0.2, -0.15) is 5.10 Å². The molecule has 26 heavy (non-hydrogen) atoms. The van der Waals surface area contributed by atoms with Crippen molar-refractivity contribution in [1.29, 1.82) is 0 Å². The molecule has 136 valence electrons. The summed E-state index contributed by atoms with van der Waals surface area (Å²) in [6, 6.07) is 8.10. The number of aromatic nitrogens is 2. The Morgan fingerprint density at radius 3 is 2.77 bits per heavy atom. The van der Waals surface area contributed by atoms with Gasteiger partial charge in [0.2, 0.25) is 11.8 Å². The molecule has 0 radical (unpaired) electrons. The predicted octanol–water partition coefficient (Wildman–Crippen LogP) is 2.47. The number of aromatic amines is 1. The maximum atomic E-state index is 12.9. The summed E-state index contributed by atoms with van der Waals surface area (Å²) >= 11 is 0. The van der Waals surface area contributed by atoms with E-state index in [1.807, 2.05) is 17.0 Å². The molecule has 0 saturated carbocycles. The van der Waals surface area contributed by atoms with Crippen molar-refractivity contribution in [1.82, 2.24) is 15.1 Å². The van der Waals surface area contributed by atoms with Gasteiger partial charge in [0.15, 0.2) is 0 Å². The summed E-state index contributed by atoms with van der Waals surface area (Å²) in [4.78, 5) is 29.0. The van der Waals surface area contributed by atoms with Crippen molar-refractivity contribution in [2.24, 2.45) is 5.92 Å². The molecule has 2 amide bonds. The quantitative estimate of drug-likeness (QED) is 0.923. The standard InChI is InChI=1S/C20H24N4O2/c1-13(2)14-3-5-17(6-4-14)24-12-15(9-19(24)25)20(26)23-8-7-18-16(11-23)10-21-22-18/h3-6,10,13,15H,7-9,11-12H2,1-2H3,(H,21,22). The van der Waals surface area contributed by atoms with Crippen LogP contribution in [0.2, 0.25) is 0 Å². The highest BCUT2D eigenvalue weighted by molar-refractivity contribution is 6.00. The highest BCUT2D eigenvalue weighted by Crippen LogP contribution is 2.29. The molecule has 1 aromatic carbocycles. The van der Waals surface area contributed by atoms with Crippen LogP contribution in [0.1, 0.15) is 43.0 Å². The molecule has 6 heteroatoms. The SMILES string of the molecule is CC(C)c1ccc(N2CC(C(=O)N3CCc4[nH]ncc4C3)CC2=O)cc1. The average Bonchev–Trinajstić information content (AvgIpc) is 3.27. The van der Waals surface area contributed by atoms with Crippen molar-refractivity contribution in [2.45, 2.75) is 39.2 Å². The molecule has 0 bridgehead atoms. The molecule has 1 aromatic heterocycles. The molecule has 1 fully saturated rings. The molecule has 2 aliphatic rings. The van der Waals surface area contributed by atoms with Crippen LogP contribution in [0.5, 0.6) is 0 Å². The Morgan fingerprint density at radius 2 is 2.04 bits per heavy atom. The van der Waals surface area contributed by atoms with Gasteiger partial charge in [0.25, 0.3) is 0 Å². The number of hydrogen-bond acceptors (Lipinski definition) is 3. The van der Waals surface area contributed by atoms with Gasteiger partial charge in [0, 0.05) is 49.4 Å². The van der Waals surface area contributed by atoms with Gasteiger partial charge in [0.05, 0.1) is 12.1 Å². The third kappa shape index (κ3) is 3.00. The molecule has 1 saturated heterocycles. The first kappa shape index (κ1) is 16.8. The molecule has 0 aliphatic carbocycles. The van der Waals surface area contributed by atoms with Crippen molar-refractivity contribution in [3.63, 3.8) is 0 Å². The summed E-state index contributed by atoms with van der Waals surface area (Å²) in [7, 11) is 0. The van der Waals surface area contributed by atoms with E-state index < -0.39 is 0 Å². The van der Waals surface area contributed by atoms with Crippen LogP contribution in [0, 0.1) is 5.92 Å². The average molecular weight is 352 g/mol. The van der Waals surface area contributed by atoms with E-state index in [0.29, 0.717) is 32.0 Å². The number of fused-ring (bicyclic) bond motifs is 1. The van der Waals surface area contributed by atoms with Gasteiger partial charge in [-0.05, 0) is 23.6 Å². The predicted molar refractivity (Wildman–Crippen MR) is 98.7 cm³/mol. The Hall–Kier alpha value is -2.63. The van der Waals surface area contributed by atoms with Crippen molar-refractivity contribution in [3.05, 3.63) is 47.3 Å². The van der Waals surface area contributed by atoms with Crippen LogP contribution in [0.25, 0.3) is 0 Å². The lowest BCUT2D eigenvalue weighted by molar-refractivity contribution is -0.136. The van der Waals surface area contributed by atoms with E-state index in [9.17, 15) is 9.59 Å². The lowest BCUT2D eigenvalue weighted by atomic mass is 10.0. The summed E-state index contributed by atoms with van der Waals surface area (Å²) in [5.74, 6) is 0.299. The Morgan fingerprint density at radius 1 is 1.27 bits per heavy atom. The number of anilines is 1. The van der Waals surface area contributed by atoms with Gasteiger partial charge in [-0.25, -0.2) is 0 Å². The molecule has 0 spiro atoms. The zero-order valence-electron chi connectivity index (χ0n) is 15.2. The van der Waals surface area contributed by atoms with E-state index in [1.54, 1.807) is 11.1 Å². The van der Waals surface area contributed by atoms with E-state index in [1.165, 1.54) is 5.56 Å². The highest BCUT2D eigenvalue weighted by atomic mass is 16.2. The molecule has 1 unspecified atom stereocenters. The third-order valence-corrected chi connectivity index (χ3v) is 5.46. The van der Waals surface area contributed by atoms with Crippen LogP contribution in [-0.2, 0) is 22.6 Å². The molecule has 2 aliphatic heterocycles. The lowest BCUT2D eigenvalue weighted by Crippen LogP contribution is -2.40. The largest absolute Gasteiger partial charge is 0.338 e. The van der Waals surface area contributed by atoms with Crippen LogP contribution in [0.4, 0.5) is 5.69 Å². The minimum absolute atomic E-state index is 0.0293. The monoisotopic (exact) mass is 352 g/mol. The number of hydrogen-bond donors (Lipinski definition) is 1. The second-order valence-electron chi connectivity index (χ2n) is 7.54. The molecule has 1 N–H and O–H groups in total. The number of carbonyl (C=O) groups excluding carboxylic acids is 2. The van der Waals surface area contributed by atoms with Crippen LogP contribution in [0.15, 0.2) is 30.5 Å². The zero-order valence-corrected chi connectivity index (χ0v) is 15.2. The van der Waals surface area contributed by atoms with Crippen molar-refractivity contribution >= 4 is 17.5 Å². The van der Waals surface area contributed by atoms with Gasteiger partial charge >= 0.3 is 0 Å². The number of amides is 2. The second-order valence-corrected chi connectivity index (χ2v) is 7.54. The van der Waals surface area contributed by atoms with Gasteiger partial charge < -0.3 is 9.80 Å². The Balaban J connectivity index is 1.45. The minimum Gasteiger partial charge on any atom is -0.338 e. The molecular weight excluding hydrogens is 328 g/mol. The van der Waals surface area contributed by atoms with Crippen LogP contribution >= 0.6 is 0 Å². The number of rotatable bonds is 3. The van der Waals surface area contributed by atoms with Crippen LogP contribution in [0.3, 0.4) is 0 Å². The van der Waals surface area contributed by atoms with Crippen LogP contribution < -0.4 is 4.90 Å². The maximum Gasteiger partial charge on any atom is 0.228 e. The van der Waals surface area contributed by atoms with Gasteiger partial charge in [-0.1, -0.05) is 26.0 Å². The number of carbonyl (C=O) groups is 2. The number of nitrogens with zero attached hydrogens (tertiary/aromatic N) is 3. The van der Waals surface area contributed by atoms with E-state index in [2.05, 4.69) is 36.2 Å². The normalized spacial score (nSPS) is 20.0. The first-order chi connectivity index (χ1) is 12.5. The summed E-state index contributed by atoms with van der Waals surface area (Å²) < 4.78 is 0. The Bertz CT molecular complexity index is 825. The summed E-state index contributed by atoms with van der Waals surface area (Å²) in [5.41, 5.74) is 4.32. The third-order valence-electron chi connectivity index (χ3n) is 5.46. The molecular formula is C20H24N4O2. The lowest BCUT2D eigenvalue weighted by Gasteiger charge is -2.28. The number of H-pyrrole nitrogens is 1. The van der Waals surface area contributed by atoms with E-state index >= 15 is 0 Å². The fraction of sp³-hybridized carbons (Fsp3) is 0.450. The summed E-state index contributed by atoms with van der Waals surface area (Å²) in [5, 5.41) is 7.04. The van der Waals surface area contributed by atoms with Crippen molar-refractivity contribution < 1.29 is 9.59 Å². The van der Waals surface area contributed by atoms with Gasteiger partial charge in [-0.15, -0.1) is 0 Å². The van der Waals surface area contributed by atoms with E-state index in [0.717, 1.165) is 23.4 Å². The first-order valence-electron chi connectivity index (χ1n) is 9.23. The highest BCUT2D eigenvalue weighted by Gasteiger charge is 2.38. The molecule has 4 rings (SSSR count). The molecule has 3 heterocycles.